The lowest BCUT2D eigenvalue weighted by Gasteiger charge is -2.22. The van der Waals surface area contributed by atoms with Gasteiger partial charge in [-0.2, -0.15) is 0 Å². The molecule has 2 rings (SSSR count). The van der Waals surface area contributed by atoms with E-state index >= 15 is 0 Å². The van der Waals surface area contributed by atoms with Crippen LogP contribution in [0.3, 0.4) is 0 Å². The fraction of sp³-hybridized carbons (Fsp3) is 0.333. The van der Waals surface area contributed by atoms with E-state index in [9.17, 15) is 4.39 Å². The number of para-hydroxylation sites is 1. The summed E-state index contributed by atoms with van der Waals surface area (Å²) in [7, 11) is 0. The number of anilines is 1. The standard InChI is InChI=1S/C12H14FNS/c1-8-5-4-6-11(13)12(8)14-7-15-10(3)9(14)2/h4-6H,7H2,1-3H3. The van der Waals surface area contributed by atoms with E-state index in [0.29, 0.717) is 0 Å². The summed E-state index contributed by atoms with van der Waals surface area (Å²) in [5.41, 5.74) is 2.87. The molecule has 0 atom stereocenters. The fourth-order valence-electron chi connectivity index (χ4n) is 1.75. The molecule has 1 aromatic carbocycles. The third-order valence-electron chi connectivity index (χ3n) is 2.78. The molecule has 15 heavy (non-hydrogen) atoms. The van der Waals surface area contributed by atoms with Crippen LogP contribution in [0.4, 0.5) is 10.1 Å². The number of aryl methyl sites for hydroxylation is 1. The van der Waals surface area contributed by atoms with Gasteiger partial charge in [0, 0.05) is 10.6 Å². The predicted octanol–water partition coefficient (Wildman–Crippen LogP) is 3.90. The van der Waals surface area contributed by atoms with Gasteiger partial charge in [-0.1, -0.05) is 12.1 Å². The maximum Gasteiger partial charge on any atom is 0.147 e. The molecule has 1 aliphatic rings. The Hall–Kier alpha value is -0.960. The zero-order valence-corrected chi connectivity index (χ0v) is 9.99. The van der Waals surface area contributed by atoms with E-state index in [-0.39, 0.29) is 5.82 Å². The van der Waals surface area contributed by atoms with E-state index in [1.54, 1.807) is 17.8 Å². The van der Waals surface area contributed by atoms with E-state index < -0.39 is 0 Å². The first-order chi connectivity index (χ1) is 7.11. The number of hydrogen-bond donors (Lipinski definition) is 0. The van der Waals surface area contributed by atoms with Gasteiger partial charge < -0.3 is 4.90 Å². The van der Waals surface area contributed by atoms with Crippen molar-refractivity contribution in [1.82, 2.24) is 0 Å². The lowest BCUT2D eigenvalue weighted by atomic mass is 10.1. The van der Waals surface area contributed by atoms with Gasteiger partial charge in [-0.15, -0.1) is 11.8 Å². The summed E-state index contributed by atoms with van der Waals surface area (Å²) in [6, 6.07) is 5.22. The number of allylic oxidation sites excluding steroid dienone is 2. The fourth-order valence-corrected chi connectivity index (χ4v) is 2.71. The molecule has 80 valence electrons. The Kier molecular flexibility index (Phi) is 2.74. The summed E-state index contributed by atoms with van der Waals surface area (Å²) in [6.07, 6.45) is 0. The van der Waals surface area contributed by atoms with Crippen LogP contribution >= 0.6 is 11.8 Å². The van der Waals surface area contributed by atoms with Gasteiger partial charge in [0.05, 0.1) is 11.6 Å². The van der Waals surface area contributed by atoms with E-state index in [4.69, 9.17) is 0 Å². The summed E-state index contributed by atoms with van der Waals surface area (Å²) >= 11 is 1.76. The molecule has 0 saturated carbocycles. The van der Waals surface area contributed by atoms with Crippen LogP contribution in [0, 0.1) is 12.7 Å². The van der Waals surface area contributed by atoms with Gasteiger partial charge in [0.1, 0.15) is 5.82 Å². The minimum atomic E-state index is -0.135. The minimum Gasteiger partial charge on any atom is -0.332 e. The van der Waals surface area contributed by atoms with Gasteiger partial charge in [-0.3, -0.25) is 0 Å². The zero-order valence-electron chi connectivity index (χ0n) is 9.17. The Balaban J connectivity index is 2.47. The molecule has 0 N–H and O–H groups in total. The molecule has 1 aromatic rings. The summed E-state index contributed by atoms with van der Waals surface area (Å²) < 4.78 is 13.7. The van der Waals surface area contributed by atoms with Crippen LogP contribution in [0.2, 0.25) is 0 Å². The Morgan fingerprint density at radius 1 is 1.27 bits per heavy atom. The number of hydrogen-bond acceptors (Lipinski definition) is 2. The number of thioether (sulfide) groups is 1. The average molecular weight is 223 g/mol. The molecule has 0 fully saturated rings. The van der Waals surface area contributed by atoms with E-state index in [1.165, 1.54) is 11.0 Å². The maximum atomic E-state index is 13.7. The molecule has 0 unspecified atom stereocenters. The third-order valence-corrected chi connectivity index (χ3v) is 3.90. The highest BCUT2D eigenvalue weighted by Crippen LogP contribution is 2.37. The molecule has 0 bridgehead atoms. The van der Waals surface area contributed by atoms with Crippen molar-refractivity contribution in [3.05, 3.63) is 40.2 Å². The quantitative estimate of drug-likeness (QED) is 0.710. The van der Waals surface area contributed by atoms with Gasteiger partial charge in [0.15, 0.2) is 0 Å². The SMILES string of the molecule is CC1=C(C)N(c2c(C)cccc2F)CS1. The zero-order chi connectivity index (χ0) is 11.0. The van der Waals surface area contributed by atoms with Crippen molar-refractivity contribution in [3.8, 4) is 0 Å². The highest BCUT2D eigenvalue weighted by atomic mass is 32.2. The summed E-state index contributed by atoms with van der Waals surface area (Å²) in [6.45, 7) is 6.07. The van der Waals surface area contributed by atoms with Crippen LogP contribution < -0.4 is 4.90 Å². The molecule has 1 aliphatic heterocycles. The van der Waals surface area contributed by atoms with Crippen LogP contribution in [0.15, 0.2) is 28.8 Å². The van der Waals surface area contributed by atoms with E-state index in [0.717, 1.165) is 22.8 Å². The second kappa shape index (κ2) is 3.89. The largest absolute Gasteiger partial charge is 0.332 e. The van der Waals surface area contributed by atoms with Crippen molar-refractivity contribution >= 4 is 17.4 Å². The number of nitrogens with zero attached hydrogens (tertiary/aromatic N) is 1. The van der Waals surface area contributed by atoms with Gasteiger partial charge in [0.25, 0.3) is 0 Å². The van der Waals surface area contributed by atoms with Crippen molar-refractivity contribution in [3.63, 3.8) is 0 Å². The van der Waals surface area contributed by atoms with Crippen LogP contribution in [0.25, 0.3) is 0 Å². The normalized spacial score (nSPS) is 16.4. The Bertz CT molecular complexity index is 405. The van der Waals surface area contributed by atoms with Crippen LogP contribution in [-0.2, 0) is 0 Å². The molecule has 0 radical (unpaired) electrons. The van der Waals surface area contributed by atoms with Crippen molar-refractivity contribution in [2.75, 3.05) is 10.8 Å². The number of halogens is 1. The van der Waals surface area contributed by atoms with Crippen molar-refractivity contribution in [2.45, 2.75) is 20.8 Å². The molecule has 0 saturated heterocycles. The first-order valence-electron chi connectivity index (χ1n) is 4.94. The van der Waals surface area contributed by atoms with E-state index in [2.05, 4.69) is 6.92 Å². The Labute approximate surface area is 94.0 Å². The highest BCUT2D eigenvalue weighted by Gasteiger charge is 2.22. The number of benzene rings is 1. The molecule has 3 heteroatoms. The van der Waals surface area contributed by atoms with Crippen molar-refractivity contribution in [1.29, 1.82) is 0 Å². The topological polar surface area (TPSA) is 3.24 Å². The molecule has 0 amide bonds. The average Bonchev–Trinajstić information content (AvgIpc) is 2.49. The summed E-state index contributed by atoms with van der Waals surface area (Å²) in [4.78, 5) is 3.32. The van der Waals surface area contributed by atoms with Crippen LogP contribution in [0.1, 0.15) is 19.4 Å². The Morgan fingerprint density at radius 3 is 2.53 bits per heavy atom. The lowest BCUT2D eigenvalue weighted by Crippen LogP contribution is -2.18. The van der Waals surface area contributed by atoms with Crippen LogP contribution in [0.5, 0.6) is 0 Å². The van der Waals surface area contributed by atoms with Crippen molar-refractivity contribution < 1.29 is 4.39 Å². The highest BCUT2D eigenvalue weighted by molar-refractivity contribution is 8.03. The first-order valence-corrected chi connectivity index (χ1v) is 5.92. The molecule has 0 aliphatic carbocycles. The lowest BCUT2D eigenvalue weighted by molar-refractivity contribution is 0.624. The monoisotopic (exact) mass is 223 g/mol. The van der Waals surface area contributed by atoms with E-state index in [1.807, 2.05) is 24.8 Å². The summed E-state index contributed by atoms with van der Waals surface area (Å²) in [5, 5.41) is 0. The third kappa shape index (κ3) is 1.76. The minimum absolute atomic E-state index is 0.135. The Morgan fingerprint density at radius 2 is 2.00 bits per heavy atom. The molecule has 1 nitrogen and oxygen atoms in total. The second-order valence-electron chi connectivity index (χ2n) is 3.75. The second-order valence-corrected chi connectivity index (χ2v) is 4.91. The molecule has 0 spiro atoms. The first kappa shape index (κ1) is 10.6. The summed E-state index contributed by atoms with van der Waals surface area (Å²) in [5.74, 6) is 0.684. The van der Waals surface area contributed by atoms with Gasteiger partial charge in [-0.05, 0) is 32.4 Å². The van der Waals surface area contributed by atoms with Gasteiger partial charge >= 0.3 is 0 Å². The van der Waals surface area contributed by atoms with Gasteiger partial charge in [-0.25, -0.2) is 4.39 Å². The molecular weight excluding hydrogens is 209 g/mol. The number of rotatable bonds is 1. The molecular formula is C12H14FNS. The van der Waals surface area contributed by atoms with Crippen LogP contribution in [-0.4, -0.2) is 5.88 Å². The predicted molar refractivity (Wildman–Crippen MR) is 64.4 cm³/mol. The van der Waals surface area contributed by atoms with Gasteiger partial charge in [0.2, 0.25) is 0 Å². The van der Waals surface area contributed by atoms with Crippen molar-refractivity contribution in [2.24, 2.45) is 0 Å². The molecule has 0 aromatic heterocycles. The maximum absolute atomic E-state index is 13.7. The molecule has 1 heterocycles. The smallest absolute Gasteiger partial charge is 0.147 e.